The third-order valence-electron chi connectivity index (χ3n) is 3.79. The molecule has 90 valence electrons. The van der Waals surface area contributed by atoms with E-state index in [2.05, 4.69) is 35.6 Å². The van der Waals surface area contributed by atoms with E-state index in [0.29, 0.717) is 6.04 Å². The van der Waals surface area contributed by atoms with E-state index in [4.69, 9.17) is 5.73 Å². The summed E-state index contributed by atoms with van der Waals surface area (Å²) in [6.07, 6.45) is 1.33. The lowest BCUT2D eigenvalue weighted by Gasteiger charge is -2.26. The first kappa shape index (κ1) is 12.1. The molecule has 0 saturated carbocycles. The second kappa shape index (κ2) is 5.30. The van der Waals surface area contributed by atoms with Gasteiger partial charge in [-0.2, -0.15) is 11.3 Å². The highest BCUT2D eigenvalue weighted by Crippen LogP contribution is 2.31. The average molecular weight is 238 g/mol. The molecule has 2 heterocycles. The van der Waals surface area contributed by atoms with E-state index >= 15 is 0 Å². The Kier molecular flexibility index (Phi) is 4.00. The van der Waals surface area contributed by atoms with Gasteiger partial charge in [0.25, 0.3) is 0 Å². The van der Waals surface area contributed by atoms with Gasteiger partial charge in [-0.3, -0.25) is 4.90 Å². The predicted molar refractivity (Wildman–Crippen MR) is 70.6 cm³/mol. The average Bonchev–Trinajstić information content (AvgIpc) is 2.88. The van der Waals surface area contributed by atoms with Crippen molar-refractivity contribution in [1.29, 1.82) is 0 Å². The first-order valence-corrected chi connectivity index (χ1v) is 7.13. The number of hydrogen-bond acceptors (Lipinski definition) is 3. The lowest BCUT2D eigenvalue weighted by Crippen LogP contribution is -2.32. The van der Waals surface area contributed by atoms with Crippen LogP contribution in [0.1, 0.15) is 31.9 Å². The molecule has 2 N–H and O–H groups in total. The molecule has 0 radical (unpaired) electrons. The van der Waals surface area contributed by atoms with E-state index < -0.39 is 0 Å². The van der Waals surface area contributed by atoms with Crippen LogP contribution in [0.5, 0.6) is 0 Å². The molecular formula is C13H22N2S. The van der Waals surface area contributed by atoms with Gasteiger partial charge in [0, 0.05) is 19.1 Å². The van der Waals surface area contributed by atoms with Crippen molar-refractivity contribution in [3.63, 3.8) is 0 Å². The second-order valence-corrected chi connectivity index (χ2v) is 5.88. The van der Waals surface area contributed by atoms with E-state index in [-0.39, 0.29) is 0 Å². The maximum atomic E-state index is 5.93. The van der Waals surface area contributed by atoms with Crippen LogP contribution in [0.25, 0.3) is 0 Å². The molecule has 2 nitrogen and oxygen atoms in total. The van der Waals surface area contributed by atoms with Gasteiger partial charge in [0.2, 0.25) is 0 Å². The molecule has 3 heteroatoms. The maximum Gasteiger partial charge on any atom is 0.0478 e. The van der Waals surface area contributed by atoms with Crippen molar-refractivity contribution in [2.75, 3.05) is 19.6 Å². The van der Waals surface area contributed by atoms with Gasteiger partial charge < -0.3 is 5.73 Å². The van der Waals surface area contributed by atoms with Crippen molar-refractivity contribution in [2.24, 2.45) is 17.6 Å². The van der Waals surface area contributed by atoms with Crippen molar-refractivity contribution < 1.29 is 0 Å². The molecule has 2 atom stereocenters. The molecule has 2 unspecified atom stereocenters. The zero-order valence-corrected chi connectivity index (χ0v) is 11.0. The van der Waals surface area contributed by atoms with Crippen LogP contribution in [-0.4, -0.2) is 24.5 Å². The summed E-state index contributed by atoms with van der Waals surface area (Å²) in [5.41, 5.74) is 7.33. The van der Waals surface area contributed by atoms with Crippen molar-refractivity contribution in [3.8, 4) is 0 Å². The minimum Gasteiger partial charge on any atom is -0.329 e. The molecule has 1 aliphatic heterocycles. The Morgan fingerprint density at radius 1 is 1.56 bits per heavy atom. The van der Waals surface area contributed by atoms with Crippen molar-refractivity contribution >= 4 is 11.3 Å². The second-order valence-electron chi connectivity index (χ2n) is 5.10. The molecule has 0 aliphatic carbocycles. The molecule has 0 aromatic carbocycles. The predicted octanol–water partition coefficient (Wildman–Crippen LogP) is 2.73. The maximum absolute atomic E-state index is 5.93. The number of nitrogens with zero attached hydrogens (tertiary/aromatic N) is 1. The van der Waals surface area contributed by atoms with Gasteiger partial charge in [-0.25, -0.2) is 0 Å². The number of nitrogens with two attached hydrogens (primary N) is 1. The number of hydrogen-bond donors (Lipinski definition) is 1. The van der Waals surface area contributed by atoms with Crippen LogP contribution in [0, 0.1) is 11.8 Å². The van der Waals surface area contributed by atoms with E-state index in [1.807, 2.05) is 0 Å². The molecule has 16 heavy (non-hydrogen) atoms. The summed E-state index contributed by atoms with van der Waals surface area (Å²) < 4.78 is 0. The summed E-state index contributed by atoms with van der Waals surface area (Å²) in [4.78, 5) is 2.56. The molecule has 1 saturated heterocycles. The van der Waals surface area contributed by atoms with Gasteiger partial charge in [-0.15, -0.1) is 0 Å². The highest BCUT2D eigenvalue weighted by Gasteiger charge is 2.29. The fraction of sp³-hybridized carbons (Fsp3) is 0.692. The summed E-state index contributed by atoms with van der Waals surface area (Å²) in [6, 6.07) is 2.65. The van der Waals surface area contributed by atoms with Crippen molar-refractivity contribution in [1.82, 2.24) is 4.90 Å². The van der Waals surface area contributed by atoms with Crippen LogP contribution in [-0.2, 0) is 0 Å². The molecule has 1 fully saturated rings. The van der Waals surface area contributed by atoms with Crippen molar-refractivity contribution in [2.45, 2.75) is 26.3 Å². The van der Waals surface area contributed by atoms with Crippen molar-refractivity contribution in [3.05, 3.63) is 22.4 Å². The minimum absolute atomic E-state index is 0.440. The zero-order chi connectivity index (χ0) is 11.5. The highest BCUT2D eigenvalue weighted by atomic mass is 32.1. The van der Waals surface area contributed by atoms with Crippen LogP contribution >= 0.6 is 11.3 Å². The molecule has 1 aliphatic rings. The van der Waals surface area contributed by atoms with Crippen LogP contribution in [0.3, 0.4) is 0 Å². The molecular weight excluding hydrogens is 216 g/mol. The normalized spacial score (nSPS) is 24.1. The smallest absolute Gasteiger partial charge is 0.0478 e. The lowest BCUT2D eigenvalue weighted by molar-refractivity contribution is 0.232. The Morgan fingerprint density at radius 2 is 2.38 bits per heavy atom. The van der Waals surface area contributed by atoms with Crippen LogP contribution < -0.4 is 5.73 Å². The minimum atomic E-state index is 0.440. The van der Waals surface area contributed by atoms with Gasteiger partial charge in [0.15, 0.2) is 0 Å². The summed E-state index contributed by atoms with van der Waals surface area (Å²) in [7, 11) is 0. The Hall–Kier alpha value is -0.380. The first-order chi connectivity index (χ1) is 7.72. The largest absolute Gasteiger partial charge is 0.329 e. The quantitative estimate of drug-likeness (QED) is 0.874. The molecule has 1 aromatic heterocycles. The first-order valence-electron chi connectivity index (χ1n) is 6.18. The topological polar surface area (TPSA) is 29.3 Å². The van der Waals surface area contributed by atoms with E-state index in [1.165, 1.54) is 25.1 Å². The monoisotopic (exact) mass is 238 g/mol. The third kappa shape index (κ3) is 2.47. The van der Waals surface area contributed by atoms with E-state index in [1.54, 1.807) is 11.3 Å². The standard InChI is InChI=1S/C13H22N2S/c1-10(2)11-3-5-15(8-11)13(7-14)12-4-6-16-9-12/h4,6,9-11,13H,3,5,7-8,14H2,1-2H3. The Labute approximate surface area is 102 Å². The van der Waals surface area contributed by atoms with Gasteiger partial charge in [0.1, 0.15) is 0 Å². The Morgan fingerprint density at radius 3 is 2.88 bits per heavy atom. The van der Waals surface area contributed by atoms with Crippen LogP contribution in [0.4, 0.5) is 0 Å². The fourth-order valence-corrected chi connectivity index (χ4v) is 3.31. The molecule has 0 amide bonds. The van der Waals surface area contributed by atoms with Crippen LogP contribution in [0.15, 0.2) is 16.8 Å². The molecule has 0 spiro atoms. The number of thiophene rings is 1. The Bertz CT molecular complexity index is 308. The zero-order valence-electron chi connectivity index (χ0n) is 10.2. The van der Waals surface area contributed by atoms with E-state index in [9.17, 15) is 0 Å². The lowest BCUT2D eigenvalue weighted by atomic mass is 9.95. The third-order valence-corrected chi connectivity index (χ3v) is 4.49. The highest BCUT2D eigenvalue weighted by molar-refractivity contribution is 7.07. The summed E-state index contributed by atoms with van der Waals surface area (Å²) in [6.45, 7) is 7.82. The number of rotatable bonds is 4. The summed E-state index contributed by atoms with van der Waals surface area (Å²) in [5.74, 6) is 1.65. The SMILES string of the molecule is CC(C)C1CCN(C(CN)c2ccsc2)C1. The summed E-state index contributed by atoms with van der Waals surface area (Å²) >= 11 is 1.77. The van der Waals surface area contributed by atoms with Gasteiger partial charge in [-0.05, 0) is 47.2 Å². The molecule has 2 rings (SSSR count). The van der Waals surface area contributed by atoms with Gasteiger partial charge >= 0.3 is 0 Å². The fourth-order valence-electron chi connectivity index (χ4n) is 2.60. The van der Waals surface area contributed by atoms with Crippen LogP contribution in [0.2, 0.25) is 0 Å². The van der Waals surface area contributed by atoms with E-state index in [0.717, 1.165) is 18.4 Å². The Balaban J connectivity index is 2.02. The summed E-state index contributed by atoms with van der Waals surface area (Å²) in [5, 5.41) is 4.38. The molecule has 0 bridgehead atoms. The number of likely N-dealkylation sites (tertiary alicyclic amines) is 1. The van der Waals surface area contributed by atoms with Gasteiger partial charge in [-0.1, -0.05) is 13.8 Å². The van der Waals surface area contributed by atoms with Gasteiger partial charge in [0.05, 0.1) is 0 Å². The molecule has 1 aromatic rings.